The number of unbranched alkanes of at least 4 members (excludes halogenated alkanes) is 1. The third-order valence-corrected chi connectivity index (χ3v) is 4.17. The maximum absolute atomic E-state index is 5.41. The summed E-state index contributed by atoms with van der Waals surface area (Å²) >= 11 is 0. The SMILES string of the molecule is CCCCN(C)CCNC(=NCc1cc(OC)c(OC)c(OC)c1)NCC.I. The largest absolute Gasteiger partial charge is 0.493 e. The van der Waals surface area contributed by atoms with Crippen LogP contribution in [0.4, 0.5) is 0 Å². The van der Waals surface area contributed by atoms with E-state index in [9.17, 15) is 0 Å². The lowest BCUT2D eigenvalue weighted by molar-refractivity contribution is 0.324. The smallest absolute Gasteiger partial charge is 0.203 e. The van der Waals surface area contributed by atoms with Gasteiger partial charge >= 0.3 is 0 Å². The van der Waals surface area contributed by atoms with Gasteiger partial charge in [-0.15, -0.1) is 24.0 Å². The lowest BCUT2D eigenvalue weighted by Crippen LogP contribution is -2.41. The Morgan fingerprint density at radius 3 is 2.14 bits per heavy atom. The van der Waals surface area contributed by atoms with Gasteiger partial charge in [-0.25, -0.2) is 4.99 Å². The van der Waals surface area contributed by atoms with E-state index in [1.165, 1.54) is 12.8 Å². The highest BCUT2D eigenvalue weighted by Gasteiger charge is 2.13. The molecular formula is C20H37IN4O3. The fourth-order valence-electron chi connectivity index (χ4n) is 2.64. The van der Waals surface area contributed by atoms with Crippen LogP contribution >= 0.6 is 24.0 Å². The van der Waals surface area contributed by atoms with E-state index in [0.29, 0.717) is 23.8 Å². The van der Waals surface area contributed by atoms with Gasteiger partial charge in [0.2, 0.25) is 5.75 Å². The summed E-state index contributed by atoms with van der Waals surface area (Å²) < 4.78 is 16.2. The first kappa shape index (κ1) is 26.6. The summed E-state index contributed by atoms with van der Waals surface area (Å²) in [5.74, 6) is 2.66. The lowest BCUT2D eigenvalue weighted by Gasteiger charge is -2.18. The van der Waals surface area contributed by atoms with Gasteiger partial charge in [0.1, 0.15) is 0 Å². The van der Waals surface area contributed by atoms with Crippen LogP contribution in [-0.4, -0.2) is 65.4 Å². The number of guanidine groups is 1. The number of nitrogens with one attached hydrogen (secondary N) is 2. The minimum absolute atomic E-state index is 0. The monoisotopic (exact) mass is 508 g/mol. The Balaban J connectivity index is 0.00000729. The predicted molar refractivity (Wildman–Crippen MR) is 127 cm³/mol. The molecule has 2 N–H and O–H groups in total. The van der Waals surface area contributed by atoms with Crippen molar-refractivity contribution in [2.75, 3.05) is 54.6 Å². The van der Waals surface area contributed by atoms with Crippen LogP contribution in [0.2, 0.25) is 0 Å². The molecule has 0 radical (unpaired) electrons. The number of methoxy groups -OCH3 is 3. The van der Waals surface area contributed by atoms with Crippen LogP contribution in [0.3, 0.4) is 0 Å². The maximum atomic E-state index is 5.41. The molecule has 1 aromatic rings. The highest BCUT2D eigenvalue weighted by atomic mass is 127. The summed E-state index contributed by atoms with van der Waals surface area (Å²) in [6, 6.07) is 3.85. The van der Waals surface area contributed by atoms with E-state index in [4.69, 9.17) is 14.2 Å². The van der Waals surface area contributed by atoms with E-state index < -0.39 is 0 Å². The van der Waals surface area contributed by atoms with Gasteiger partial charge < -0.3 is 29.7 Å². The number of hydrogen-bond acceptors (Lipinski definition) is 5. The van der Waals surface area contributed by atoms with Crippen LogP contribution in [0.5, 0.6) is 17.2 Å². The van der Waals surface area contributed by atoms with Crippen LogP contribution in [0.25, 0.3) is 0 Å². The molecule has 0 aliphatic heterocycles. The molecule has 0 unspecified atom stereocenters. The highest BCUT2D eigenvalue weighted by molar-refractivity contribution is 14.0. The molecule has 162 valence electrons. The summed E-state index contributed by atoms with van der Waals surface area (Å²) in [6.07, 6.45) is 2.45. The van der Waals surface area contributed by atoms with Crippen molar-refractivity contribution in [2.24, 2.45) is 4.99 Å². The number of hydrogen-bond donors (Lipinski definition) is 2. The molecule has 7 nitrogen and oxygen atoms in total. The van der Waals surface area contributed by atoms with Crippen molar-refractivity contribution in [1.29, 1.82) is 0 Å². The van der Waals surface area contributed by atoms with Crippen molar-refractivity contribution < 1.29 is 14.2 Å². The third-order valence-electron chi connectivity index (χ3n) is 4.17. The topological polar surface area (TPSA) is 67.4 Å². The molecule has 0 bridgehead atoms. The number of halogens is 1. The summed E-state index contributed by atoms with van der Waals surface area (Å²) in [4.78, 5) is 7.01. The van der Waals surface area contributed by atoms with Crippen molar-refractivity contribution in [3.63, 3.8) is 0 Å². The molecule has 28 heavy (non-hydrogen) atoms. The van der Waals surface area contributed by atoms with Crippen LogP contribution in [-0.2, 0) is 6.54 Å². The van der Waals surface area contributed by atoms with Gasteiger partial charge in [-0.05, 0) is 44.6 Å². The second kappa shape index (κ2) is 15.5. The third kappa shape index (κ3) is 9.18. The number of rotatable bonds is 12. The fraction of sp³-hybridized carbons (Fsp3) is 0.650. The van der Waals surface area contributed by atoms with Gasteiger partial charge in [-0.1, -0.05) is 13.3 Å². The second-order valence-electron chi connectivity index (χ2n) is 6.31. The zero-order valence-electron chi connectivity index (χ0n) is 18.1. The Bertz CT molecular complexity index is 560. The highest BCUT2D eigenvalue weighted by Crippen LogP contribution is 2.38. The Labute approximate surface area is 187 Å². The van der Waals surface area contributed by atoms with Crippen LogP contribution in [0.15, 0.2) is 17.1 Å². The second-order valence-corrected chi connectivity index (χ2v) is 6.31. The maximum Gasteiger partial charge on any atom is 0.203 e. The standard InChI is InChI=1S/C20H36N4O3.HI/c1-7-9-11-24(3)12-10-22-20(21-8-2)23-15-16-13-17(25-4)19(27-6)18(14-16)26-5;/h13-14H,7-12,15H2,1-6H3,(H2,21,22,23);1H. The summed E-state index contributed by atoms with van der Waals surface area (Å²) in [5.41, 5.74) is 0.988. The average Bonchev–Trinajstić information content (AvgIpc) is 2.69. The van der Waals surface area contributed by atoms with Crippen LogP contribution in [0, 0.1) is 0 Å². The zero-order valence-corrected chi connectivity index (χ0v) is 20.5. The minimum atomic E-state index is 0. The average molecular weight is 508 g/mol. The van der Waals surface area contributed by atoms with Crippen molar-refractivity contribution in [3.05, 3.63) is 17.7 Å². The molecule has 0 fully saturated rings. The fourth-order valence-corrected chi connectivity index (χ4v) is 2.64. The molecule has 0 aliphatic carbocycles. The Hall–Kier alpha value is -1.42. The normalized spacial score (nSPS) is 11.0. The quantitative estimate of drug-likeness (QED) is 0.257. The van der Waals surface area contributed by atoms with Crippen molar-refractivity contribution >= 4 is 29.9 Å². The van der Waals surface area contributed by atoms with Crippen molar-refractivity contribution in [3.8, 4) is 17.2 Å². The number of aliphatic imine (C=N–C) groups is 1. The van der Waals surface area contributed by atoms with Gasteiger partial charge in [0.25, 0.3) is 0 Å². The first-order chi connectivity index (χ1) is 13.1. The summed E-state index contributed by atoms with van der Waals surface area (Å²) in [6.45, 7) is 8.55. The van der Waals surface area contributed by atoms with Gasteiger partial charge in [0.05, 0.1) is 27.9 Å². The zero-order chi connectivity index (χ0) is 20.1. The number of likely N-dealkylation sites (N-methyl/N-ethyl adjacent to an activating group) is 1. The molecule has 0 aromatic heterocycles. The van der Waals surface area contributed by atoms with E-state index in [-0.39, 0.29) is 24.0 Å². The first-order valence-electron chi connectivity index (χ1n) is 9.59. The molecular weight excluding hydrogens is 471 g/mol. The first-order valence-corrected chi connectivity index (χ1v) is 9.59. The minimum Gasteiger partial charge on any atom is -0.493 e. The van der Waals surface area contributed by atoms with Crippen LogP contribution in [0.1, 0.15) is 32.3 Å². The van der Waals surface area contributed by atoms with E-state index in [0.717, 1.165) is 37.7 Å². The Morgan fingerprint density at radius 2 is 1.64 bits per heavy atom. The van der Waals surface area contributed by atoms with Gasteiger partial charge in [-0.3, -0.25) is 0 Å². The molecule has 0 saturated carbocycles. The van der Waals surface area contributed by atoms with Crippen molar-refractivity contribution in [2.45, 2.75) is 33.2 Å². The molecule has 0 aliphatic rings. The van der Waals surface area contributed by atoms with E-state index >= 15 is 0 Å². The Morgan fingerprint density at radius 1 is 1.00 bits per heavy atom. The Kier molecular flexibility index (Phi) is 14.7. The van der Waals surface area contributed by atoms with Crippen molar-refractivity contribution in [1.82, 2.24) is 15.5 Å². The number of benzene rings is 1. The van der Waals surface area contributed by atoms with E-state index in [2.05, 4.69) is 41.4 Å². The summed E-state index contributed by atoms with van der Waals surface area (Å²) in [7, 11) is 6.98. The molecule has 0 spiro atoms. The molecule has 0 atom stereocenters. The van der Waals surface area contributed by atoms with Gasteiger partial charge in [-0.2, -0.15) is 0 Å². The molecule has 8 heteroatoms. The van der Waals surface area contributed by atoms with Crippen LogP contribution < -0.4 is 24.8 Å². The molecule has 1 aromatic carbocycles. The van der Waals surface area contributed by atoms with Gasteiger partial charge in [0.15, 0.2) is 17.5 Å². The molecule has 0 heterocycles. The predicted octanol–water partition coefficient (Wildman–Crippen LogP) is 3.12. The molecule has 0 amide bonds. The molecule has 1 rings (SSSR count). The lowest BCUT2D eigenvalue weighted by atomic mass is 10.2. The van der Waals surface area contributed by atoms with E-state index in [1.807, 2.05) is 12.1 Å². The van der Waals surface area contributed by atoms with Gasteiger partial charge in [0, 0.05) is 19.6 Å². The number of nitrogens with zero attached hydrogens (tertiary/aromatic N) is 2. The molecule has 0 saturated heterocycles. The van der Waals surface area contributed by atoms with E-state index in [1.54, 1.807) is 21.3 Å². The summed E-state index contributed by atoms with van der Waals surface area (Å²) in [5, 5.41) is 6.67. The number of ether oxygens (including phenoxy) is 3.